The first-order valence-corrected chi connectivity index (χ1v) is 7.08. The zero-order valence-corrected chi connectivity index (χ0v) is 11.9. The van der Waals surface area contributed by atoms with Gasteiger partial charge in [-0.3, -0.25) is 9.48 Å². The van der Waals surface area contributed by atoms with Crippen LogP contribution in [0.2, 0.25) is 0 Å². The highest BCUT2D eigenvalue weighted by molar-refractivity contribution is 5.85. The molecular formula is C14H21N3O3. The fourth-order valence-electron chi connectivity index (χ4n) is 2.62. The number of nitrogens with one attached hydrogen (secondary N) is 1. The van der Waals surface area contributed by atoms with Crippen molar-refractivity contribution in [2.45, 2.75) is 51.6 Å². The van der Waals surface area contributed by atoms with Gasteiger partial charge in [0.1, 0.15) is 6.04 Å². The van der Waals surface area contributed by atoms with Crippen LogP contribution in [0.5, 0.6) is 0 Å². The fraction of sp³-hybridized carbons (Fsp3) is 0.643. The summed E-state index contributed by atoms with van der Waals surface area (Å²) in [6, 6.07) is 1.11. The number of amides is 1. The predicted octanol–water partition coefficient (Wildman–Crippen LogP) is 1.84. The molecule has 0 aliphatic heterocycles. The zero-order chi connectivity index (χ0) is 14.7. The van der Waals surface area contributed by atoms with Crippen molar-refractivity contribution in [1.82, 2.24) is 15.1 Å². The van der Waals surface area contributed by atoms with Crippen LogP contribution in [0.15, 0.2) is 12.3 Å². The van der Waals surface area contributed by atoms with E-state index < -0.39 is 12.0 Å². The third kappa shape index (κ3) is 3.18. The van der Waals surface area contributed by atoms with E-state index in [1.165, 1.54) is 23.4 Å². The van der Waals surface area contributed by atoms with Gasteiger partial charge in [-0.2, -0.15) is 5.10 Å². The lowest BCUT2D eigenvalue weighted by molar-refractivity contribution is -0.125. The Kier molecular flexibility index (Phi) is 4.42. The van der Waals surface area contributed by atoms with E-state index in [2.05, 4.69) is 17.3 Å². The van der Waals surface area contributed by atoms with Gasteiger partial charge in [0.15, 0.2) is 5.69 Å². The first-order valence-electron chi connectivity index (χ1n) is 7.08. The van der Waals surface area contributed by atoms with Crippen LogP contribution >= 0.6 is 0 Å². The number of carbonyl (C=O) groups is 2. The second kappa shape index (κ2) is 6.07. The molecule has 1 aliphatic carbocycles. The average molecular weight is 279 g/mol. The summed E-state index contributed by atoms with van der Waals surface area (Å²) in [5.74, 6) is -0.701. The SMILES string of the molecule is CC1CCCCC1NC(=O)C(C)n1ccc(C(=O)O)n1. The third-order valence-electron chi connectivity index (χ3n) is 4.04. The minimum absolute atomic E-state index is 0.0457. The average Bonchev–Trinajstić information content (AvgIpc) is 2.90. The van der Waals surface area contributed by atoms with Gasteiger partial charge in [-0.15, -0.1) is 0 Å². The summed E-state index contributed by atoms with van der Waals surface area (Å²) in [6.45, 7) is 3.88. The van der Waals surface area contributed by atoms with E-state index in [-0.39, 0.29) is 17.6 Å². The summed E-state index contributed by atoms with van der Waals surface area (Å²) >= 11 is 0. The summed E-state index contributed by atoms with van der Waals surface area (Å²) in [5.41, 5.74) is -0.0457. The highest BCUT2D eigenvalue weighted by Gasteiger charge is 2.25. The standard InChI is InChI=1S/C14H21N3O3/c1-9-5-3-4-6-11(9)15-13(18)10(2)17-8-7-12(16-17)14(19)20/h7-11H,3-6H2,1-2H3,(H,15,18)(H,19,20). The Morgan fingerprint density at radius 1 is 1.45 bits per heavy atom. The van der Waals surface area contributed by atoms with Gasteiger partial charge in [-0.05, 0) is 31.7 Å². The Balaban J connectivity index is 1.98. The number of carbonyl (C=O) groups excluding carboxylic acids is 1. The van der Waals surface area contributed by atoms with E-state index in [0.717, 1.165) is 19.3 Å². The van der Waals surface area contributed by atoms with Crippen LogP contribution in [0.25, 0.3) is 0 Å². The number of hydrogen-bond acceptors (Lipinski definition) is 3. The van der Waals surface area contributed by atoms with Crippen LogP contribution in [0, 0.1) is 5.92 Å². The maximum Gasteiger partial charge on any atom is 0.356 e. The number of rotatable bonds is 4. The molecule has 6 heteroatoms. The van der Waals surface area contributed by atoms with Crippen molar-refractivity contribution in [2.75, 3.05) is 0 Å². The predicted molar refractivity (Wildman–Crippen MR) is 73.5 cm³/mol. The highest BCUT2D eigenvalue weighted by Crippen LogP contribution is 2.24. The van der Waals surface area contributed by atoms with Crippen LogP contribution in [0.3, 0.4) is 0 Å². The molecular weight excluding hydrogens is 258 g/mol. The van der Waals surface area contributed by atoms with Crippen LogP contribution in [0.1, 0.15) is 56.1 Å². The highest BCUT2D eigenvalue weighted by atomic mass is 16.4. The molecule has 0 bridgehead atoms. The molecule has 1 amide bonds. The number of hydrogen-bond donors (Lipinski definition) is 2. The molecule has 2 rings (SSSR count). The smallest absolute Gasteiger partial charge is 0.356 e. The Morgan fingerprint density at radius 2 is 2.15 bits per heavy atom. The fourth-order valence-corrected chi connectivity index (χ4v) is 2.62. The van der Waals surface area contributed by atoms with Gasteiger partial charge in [0.25, 0.3) is 0 Å². The molecule has 1 fully saturated rings. The molecule has 3 unspecified atom stereocenters. The molecule has 110 valence electrons. The Hall–Kier alpha value is -1.85. The first-order chi connectivity index (χ1) is 9.49. The zero-order valence-electron chi connectivity index (χ0n) is 11.9. The number of nitrogens with zero attached hydrogens (tertiary/aromatic N) is 2. The Bertz CT molecular complexity index is 498. The molecule has 6 nitrogen and oxygen atoms in total. The van der Waals surface area contributed by atoms with E-state index in [4.69, 9.17) is 5.11 Å². The summed E-state index contributed by atoms with van der Waals surface area (Å²) in [4.78, 5) is 23.0. The van der Waals surface area contributed by atoms with Gasteiger partial charge >= 0.3 is 5.97 Å². The van der Waals surface area contributed by atoms with Crippen molar-refractivity contribution in [1.29, 1.82) is 0 Å². The molecule has 1 aromatic heterocycles. The lowest BCUT2D eigenvalue weighted by atomic mass is 9.86. The van der Waals surface area contributed by atoms with Crippen LogP contribution < -0.4 is 5.32 Å². The van der Waals surface area contributed by atoms with Crippen LogP contribution in [-0.2, 0) is 4.79 Å². The minimum Gasteiger partial charge on any atom is -0.476 e. The van der Waals surface area contributed by atoms with Crippen molar-refractivity contribution in [3.8, 4) is 0 Å². The van der Waals surface area contributed by atoms with Gasteiger partial charge in [0.05, 0.1) is 0 Å². The summed E-state index contributed by atoms with van der Waals surface area (Å²) < 4.78 is 1.40. The molecule has 20 heavy (non-hydrogen) atoms. The van der Waals surface area contributed by atoms with E-state index in [1.54, 1.807) is 6.92 Å². The maximum absolute atomic E-state index is 12.2. The van der Waals surface area contributed by atoms with Crippen molar-refractivity contribution >= 4 is 11.9 Å². The summed E-state index contributed by atoms with van der Waals surface area (Å²) in [5, 5.41) is 15.8. The molecule has 0 radical (unpaired) electrons. The van der Waals surface area contributed by atoms with Crippen molar-refractivity contribution < 1.29 is 14.7 Å². The number of aromatic carboxylic acids is 1. The maximum atomic E-state index is 12.2. The summed E-state index contributed by atoms with van der Waals surface area (Å²) in [6.07, 6.45) is 6.06. The topological polar surface area (TPSA) is 84.2 Å². The monoisotopic (exact) mass is 279 g/mol. The first kappa shape index (κ1) is 14.6. The number of aromatic nitrogens is 2. The molecule has 2 N–H and O–H groups in total. The van der Waals surface area contributed by atoms with E-state index in [9.17, 15) is 9.59 Å². The van der Waals surface area contributed by atoms with Crippen molar-refractivity contribution in [3.05, 3.63) is 18.0 Å². The third-order valence-corrected chi connectivity index (χ3v) is 4.04. The molecule has 3 atom stereocenters. The van der Waals surface area contributed by atoms with Gasteiger partial charge in [-0.25, -0.2) is 4.79 Å². The molecule has 1 heterocycles. The van der Waals surface area contributed by atoms with Gasteiger partial charge in [-0.1, -0.05) is 19.8 Å². The lowest BCUT2D eigenvalue weighted by Gasteiger charge is -2.30. The van der Waals surface area contributed by atoms with Gasteiger partial charge in [0.2, 0.25) is 5.91 Å². The Labute approximate surface area is 118 Å². The van der Waals surface area contributed by atoms with E-state index in [0.29, 0.717) is 5.92 Å². The quantitative estimate of drug-likeness (QED) is 0.880. The second-order valence-corrected chi connectivity index (χ2v) is 5.54. The normalized spacial score (nSPS) is 24.1. The van der Waals surface area contributed by atoms with Crippen molar-refractivity contribution in [3.63, 3.8) is 0 Å². The second-order valence-electron chi connectivity index (χ2n) is 5.54. The van der Waals surface area contributed by atoms with E-state index in [1.807, 2.05) is 0 Å². The number of carboxylic acid groups (broad SMARTS) is 1. The molecule has 0 saturated heterocycles. The molecule has 1 aliphatic rings. The van der Waals surface area contributed by atoms with Gasteiger partial charge < -0.3 is 10.4 Å². The molecule has 0 aromatic carbocycles. The van der Waals surface area contributed by atoms with Crippen molar-refractivity contribution in [2.24, 2.45) is 5.92 Å². The van der Waals surface area contributed by atoms with Crippen LogP contribution in [0.4, 0.5) is 0 Å². The van der Waals surface area contributed by atoms with E-state index >= 15 is 0 Å². The molecule has 1 saturated carbocycles. The molecule has 0 spiro atoms. The minimum atomic E-state index is -1.09. The Morgan fingerprint density at radius 3 is 2.75 bits per heavy atom. The van der Waals surface area contributed by atoms with Crippen LogP contribution in [-0.4, -0.2) is 32.8 Å². The summed E-state index contributed by atoms with van der Waals surface area (Å²) in [7, 11) is 0. The number of carboxylic acids is 1. The molecule has 1 aromatic rings. The largest absolute Gasteiger partial charge is 0.476 e. The lowest BCUT2D eigenvalue weighted by Crippen LogP contribution is -2.43. The van der Waals surface area contributed by atoms with Gasteiger partial charge in [0, 0.05) is 12.2 Å².